The normalized spacial score (nSPS) is 10.8. The average Bonchev–Trinajstić information content (AvgIpc) is 2.86. The van der Waals surface area contributed by atoms with Gasteiger partial charge in [0, 0.05) is 24.0 Å². The fourth-order valence-electron chi connectivity index (χ4n) is 3.06. The van der Waals surface area contributed by atoms with Crippen LogP contribution in [0.2, 0.25) is 0 Å². The maximum absolute atomic E-state index is 12.0. The molecule has 10 nitrogen and oxygen atoms in total. The first-order valence-corrected chi connectivity index (χ1v) is 10.6. The molecule has 0 saturated carbocycles. The van der Waals surface area contributed by atoms with Gasteiger partial charge in [0.05, 0.1) is 40.9 Å². The van der Waals surface area contributed by atoms with Crippen molar-refractivity contribution in [2.45, 2.75) is 25.7 Å². The smallest absolute Gasteiger partial charge is 0.240 e. The van der Waals surface area contributed by atoms with Crippen molar-refractivity contribution in [3.63, 3.8) is 0 Å². The van der Waals surface area contributed by atoms with Gasteiger partial charge < -0.3 is 18.9 Å². The predicted molar refractivity (Wildman–Crippen MR) is 129 cm³/mol. The lowest BCUT2D eigenvalue weighted by atomic mass is 10.2. The van der Waals surface area contributed by atoms with Gasteiger partial charge in [-0.1, -0.05) is 12.1 Å². The molecular formula is C24H30N4O6. The van der Waals surface area contributed by atoms with E-state index in [2.05, 4.69) is 21.1 Å². The number of rotatable bonds is 13. The summed E-state index contributed by atoms with van der Waals surface area (Å²) in [5, 5.41) is 7.91. The lowest BCUT2D eigenvalue weighted by Crippen LogP contribution is -2.19. The standard InChI is InChI=1S/C24H30N4O6/c1-31-19-11-7-9-17(23(19)33-3)15-25-27-21(29)13-5-6-14-22(30)28-26-16-18-10-8-12-20(32-2)24(18)34-4/h7-12,15-16H,5-6,13-14H2,1-4H3,(H,27,29)(H,28,30). The van der Waals surface area contributed by atoms with Gasteiger partial charge >= 0.3 is 0 Å². The van der Waals surface area contributed by atoms with Crippen LogP contribution in [0.15, 0.2) is 46.6 Å². The zero-order valence-corrected chi connectivity index (χ0v) is 19.8. The first-order valence-electron chi connectivity index (χ1n) is 10.6. The summed E-state index contributed by atoms with van der Waals surface area (Å²) in [6.45, 7) is 0. The third-order valence-corrected chi connectivity index (χ3v) is 4.71. The zero-order valence-electron chi connectivity index (χ0n) is 19.8. The Balaban J connectivity index is 1.71. The Morgan fingerprint density at radius 2 is 1.12 bits per heavy atom. The van der Waals surface area contributed by atoms with Crippen LogP contribution in [-0.2, 0) is 9.59 Å². The molecule has 0 fully saturated rings. The van der Waals surface area contributed by atoms with E-state index < -0.39 is 0 Å². The van der Waals surface area contributed by atoms with Crippen LogP contribution in [0, 0.1) is 0 Å². The number of ether oxygens (including phenoxy) is 4. The molecule has 2 N–H and O–H groups in total. The molecule has 0 aliphatic carbocycles. The second kappa shape index (κ2) is 14.1. The van der Waals surface area contributed by atoms with Gasteiger partial charge in [0.25, 0.3) is 0 Å². The Morgan fingerprint density at radius 1 is 0.706 bits per heavy atom. The topological polar surface area (TPSA) is 120 Å². The van der Waals surface area contributed by atoms with Crippen LogP contribution in [0.5, 0.6) is 23.0 Å². The number of hydrogen-bond acceptors (Lipinski definition) is 8. The second-order valence-electron chi connectivity index (χ2n) is 6.96. The van der Waals surface area contributed by atoms with Gasteiger partial charge in [0.15, 0.2) is 23.0 Å². The lowest BCUT2D eigenvalue weighted by molar-refractivity contribution is -0.123. The van der Waals surface area contributed by atoms with E-state index in [-0.39, 0.29) is 24.7 Å². The van der Waals surface area contributed by atoms with Crippen molar-refractivity contribution < 1.29 is 28.5 Å². The van der Waals surface area contributed by atoms with E-state index in [1.165, 1.54) is 26.6 Å². The van der Waals surface area contributed by atoms with E-state index in [0.717, 1.165) is 0 Å². The fourth-order valence-corrected chi connectivity index (χ4v) is 3.06. The van der Waals surface area contributed by atoms with Crippen LogP contribution >= 0.6 is 0 Å². The number of unbranched alkanes of at least 4 members (excludes halogenated alkanes) is 1. The highest BCUT2D eigenvalue weighted by Crippen LogP contribution is 2.30. The maximum atomic E-state index is 12.0. The molecule has 0 aliphatic rings. The van der Waals surface area contributed by atoms with E-state index in [1.54, 1.807) is 50.6 Å². The Morgan fingerprint density at radius 3 is 1.47 bits per heavy atom. The Kier molecular flexibility index (Phi) is 10.9. The molecule has 0 spiro atoms. The summed E-state index contributed by atoms with van der Waals surface area (Å²) in [4.78, 5) is 23.9. The van der Waals surface area contributed by atoms with Crippen LogP contribution in [0.1, 0.15) is 36.8 Å². The number of benzene rings is 2. The molecule has 0 saturated heterocycles. The van der Waals surface area contributed by atoms with Crippen molar-refractivity contribution in [3.05, 3.63) is 47.5 Å². The molecule has 0 atom stereocenters. The highest BCUT2D eigenvalue weighted by Gasteiger charge is 2.09. The number of para-hydroxylation sites is 2. The van der Waals surface area contributed by atoms with Gasteiger partial charge in [0.1, 0.15) is 0 Å². The van der Waals surface area contributed by atoms with Crippen molar-refractivity contribution in [3.8, 4) is 23.0 Å². The summed E-state index contributed by atoms with van der Waals surface area (Å²) in [6.07, 6.45) is 4.52. The molecule has 182 valence electrons. The van der Waals surface area contributed by atoms with Gasteiger partial charge in [-0.15, -0.1) is 0 Å². The molecule has 0 unspecified atom stereocenters. The summed E-state index contributed by atoms with van der Waals surface area (Å²) in [5.41, 5.74) is 6.28. The Labute approximate surface area is 198 Å². The Hall–Kier alpha value is -4.08. The molecule has 2 aromatic rings. The minimum Gasteiger partial charge on any atom is -0.493 e. The summed E-state index contributed by atoms with van der Waals surface area (Å²) in [7, 11) is 6.16. The number of nitrogens with zero attached hydrogens (tertiary/aromatic N) is 2. The molecule has 0 aromatic heterocycles. The fraction of sp³-hybridized carbons (Fsp3) is 0.333. The number of carbonyl (C=O) groups excluding carboxylic acids is 2. The molecule has 0 radical (unpaired) electrons. The third-order valence-electron chi connectivity index (χ3n) is 4.71. The summed E-state index contributed by atoms with van der Waals surface area (Å²) in [6, 6.07) is 10.7. The van der Waals surface area contributed by atoms with E-state index in [0.29, 0.717) is 47.0 Å². The van der Waals surface area contributed by atoms with E-state index in [4.69, 9.17) is 18.9 Å². The number of amides is 2. The summed E-state index contributed by atoms with van der Waals surface area (Å²) >= 11 is 0. The molecule has 34 heavy (non-hydrogen) atoms. The lowest BCUT2D eigenvalue weighted by Gasteiger charge is -2.09. The SMILES string of the molecule is COc1cccc(C=NNC(=O)CCCCC(=O)NN=Cc2cccc(OC)c2OC)c1OC. The van der Waals surface area contributed by atoms with Crippen LogP contribution < -0.4 is 29.8 Å². The van der Waals surface area contributed by atoms with E-state index >= 15 is 0 Å². The molecule has 2 amide bonds. The van der Waals surface area contributed by atoms with E-state index in [1.807, 2.05) is 0 Å². The maximum Gasteiger partial charge on any atom is 0.240 e. The van der Waals surface area contributed by atoms with E-state index in [9.17, 15) is 9.59 Å². The Bertz CT molecular complexity index is 941. The highest BCUT2D eigenvalue weighted by atomic mass is 16.5. The monoisotopic (exact) mass is 470 g/mol. The molecular weight excluding hydrogens is 440 g/mol. The number of hydrazone groups is 2. The predicted octanol–water partition coefficient (Wildman–Crippen LogP) is 2.88. The third kappa shape index (κ3) is 7.80. The van der Waals surface area contributed by atoms with Crippen LogP contribution in [0.4, 0.5) is 0 Å². The number of carbonyl (C=O) groups is 2. The number of nitrogens with one attached hydrogen (secondary N) is 2. The highest BCUT2D eigenvalue weighted by molar-refractivity contribution is 5.87. The summed E-state index contributed by atoms with van der Waals surface area (Å²) < 4.78 is 21.1. The van der Waals surface area contributed by atoms with Crippen LogP contribution in [0.25, 0.3) is 0 Å². The van der Waals surface area contributed by atoms with Crippen molar-refractivity contribution >= 4 is 24.2 Å². The molecule has 0 aliphatic heterocycles. The zero-order chi connectivity index (χ0) is 24.8. The first kappa shape index (κ1) is 26.2. The average molecular weight is 471 g/mol. The van der Waals surface area contributed by atoms with Crippen LogP contribution in [-0.4, -0.2) is 52.7 Å². The van der Waals surface area contributed by atoms with Crippen molar-refractivity contribution in [1.29, 1.82) is 0 Å². The molecule has 0 bridgehead atoms. The van der Waals surface area contributed by atoms with Crippen molar-refractivity contribution in [2.24, 2.45) is 10.2 Å². The molecule has 0 heterocycles. The van der Waals surface area contributed by atoms with Crippen LogP contribution in [0.3, 0.4) is 0 Å². The summed E-state index contributed by atoms with van der Waals surface area (Å²) in [5.74, 6) is 1.71. The van der Waals surface area contributed by atoms with Gasteiger partial charge in [0.2, 0.25) is 11.8 Å². The largest absolute Gasteiger partial charge is 0.493 e. The molecule has 2 aromatic carbocycles. The van der Waals surface area contributed by atoms with Gasteiger partial charge in [-0.05, 0) is 37.1 Å². The minimum atomic E-state index is -0.248. The number of hydrogen-bond donors (Lipinski definition) is 2. The van der Waals surface area contributed by atoms with Gasteiger partial charge in [-0.25, -0.2) is 10.9 Å². The van der Waals surface area contributed by atoms with Crippen molar-refractivity contribution in [1.82, 2.24) is 10.9 Å². The van der Waals surface area contributed by atoms with Gasteiger partial charge in [-0.3, -0.25) is 9.59 Å². The minimum absolute atomic E-state index is 0.240. The first-order chi connectivity index (χ1) is 16.5. The second-order valence-corrected chi connectivity index (χ2v) is 6.96. The van der Waals surface area contributed by atoms with Gasteiger partial charge in [-0.2, -0.15) is 10.2 Å². The molecule has 10 heteroatoms. The van der Waals surface area contributed by atoms with Crippen molar-refractivity contribution in [2.75, 3.05) is 28.4 Å². The quantitative estimate of drug-likeness (QED) is 0.264. The molecule has 2 rings (SSSR count). The number of methoxy groups -OCH3 is 4.